The summed E-state index contributed by atoms with van der Waals surface area (Å²) in [5.41, 5.74) is 6.30. The second kappa shape index (κ2) is 3.88. The molecule has 0 amide bonds. The highest BCUT2D eigenvalue weighted by molar-refractivity contribution is 5.73. The molecule has 0 aliphatic carbocycles. The number of hydrogen-bond acceptors (Lipinski definition) is 2. The van der Waals surface area contributed by atoms with Crippen molar-refractivity contribution in [2.24, 2.45) is 5.73 Å². The maximum atomic E-state index is 10.4. The first kappa shape index (κ1) is 8.74. The predicted molar refractivity (Wildman–Crippen MR) is 45.8 cm³/mol. The molecule has 0 saturated heterocycles. The summed E-state index contributed by atoms with van der Waals surface area (Å²) >= 11 is 0. The topological polar surface area (TPSA) is 63.3 Å². The van der Waals surface area contributed by atoms with Gasteiger partial charge in [0, 0.05) is 0 Å². The molecule has 0 saturated carbocycles. The van der Waals surface area contributed by atoms with Gasteiger partial charge in [-0.15, -0.1) is 0 Å². The highest BCUT2D eigenvalue weighted by Crippen LogP contribution is 2.01. The van der Waals surface area contributed by atoms with Crippen molar-refractivity contribution in [1.29, 1.82) is 0 Å². The summed E-state index contributed by atoms with van der Waals surface area (Å²) in [6.07, 6.45) is 0.385. The molecular weight excluding hydrogens is 155 g/mol. The largest absolute Gasteiger partial charge is 0.480 e. The van der Waals surface area contributed by atoms with Gasteiger partial charge >= 0.3 is 5.97 Å². The number of carbonyl (C=O) groups is 1. The first-order chi connectivity index (χ1) is 5.70. The molecule has 1 aromatic carbocycles. The van der Waals surface area contributed by atoms with Crippen LogP contribution < -0.4 is 5.73 Å². The number of carboxylic acids is 1. The fourth-order valence-corrected chi connectivity index (χ4v) is 0.955. The minimum atomic E-state index is -0.959. The van der Waals surface area contributed by atoms with Crippen LogP contribution in [0.1, 0.15) is 5.56 Å². The van der Waals surface area contributed by atoms with Crippen LogP contribution in [0, 0.1) is 0 Å². The molecule has 0 radical (unpaired) electrons. The lowest BCUT2D eigenvalue weighted by Gasteiger charge is -2.04. The number of rotatable bonds is 3. The highest BCUT2D eigenvalue weighted by atomic mass is 16.4. The molecule has 3 heteroatoms. The van der Waals surface area contributed by atoms with Gasteiger partial charge in [0.1, 0.15) is 6.04 Å². The van der Waals surface area contributed by atoms with Crippen LogP contribution >= 0.6 is 0 Å². The summed E-state index contributed by atoms with van der Waals surface area (Å²) in [6.45, 7) is 0. The third-order valence-electron chi connectivity index (χ3n) is 1.62. The summed E-state index contributed by atoms with van der Waals surface area (Å²) in [5, 5.41) is 8.52. The van der Waals surface area contributed by atoms with Gasteiger partial charge in [-0.1, -0.05) is 30.3 Å². The van der Waals surface area contributed by atoms with Gasteiger partial charge in [0.2, 0.25) is 0 Å². The Kier molecular flexibility index (Phi) is 2.82. The lowest BCUT2D eigenvalue weighted by atomic mass is 10.1. The molecule has 3 N–H and O–H groups in total. The van der Waals surface area contributed by atoms with E-state index in [0.29, 0.717) is 6.42 Å². The second-order valence-corrected chi connectivity index (χ2v) is 2.63. The summed E-state index contributed by atoms with van der Waals surface area (Å²) in [5.74, 6) is -0.959. The molecule has 0 aliphatic rings. The smallest absolute Gasteiger partial charge is 0.320 e. The van der Waals surface area contributed by atoms with E-state index in [9.17, 15) is 4.79 Å². The van der Waals surface area contributed by atoms with E-state index < -0.39 is 12.0 Å². The van der Waals surface area contributed by atoms with Crippen LogP contribution in [0.4, 0.5) is 0 Å². The number of aliphatic carboxylic acids is 1. The van der Waals surface area contributed by atoms with Crippen molar-refractivity contribution in [2.75, 3.05) is 0 Å². The van der Waals surface area contributed by atoms with Crippen molar-refractivity contribution in [3.8, 4) is 0 Å². The Morgan fingerprint density at radius 3 is 2.50 bits per heavy atom. The van der Waals surface area contributed by atoms with E-state index in [0.717, 1.165) is 5.56 Å². The van der Waals surface area contributed by atoms with Gasteiger partial charge in [-0.3, -0.25) is 4.79 Å². The predicted octanol–water partition coefficient (Wildman–Crippen LogP) is 0.641. The zero-order valence-electron chi connectivity index (χ0n) is 6.60. The minimum absolute atomic E-state index is 0.385. The molecule has 0 unspecified atom stereocenters. The van der Waals surface area contributed by atoms with Gasteiger partial charge in [0.05, 0.1) is 0 Å². The van der Waals surface area contributed by atoms with Gasteiger partial charge in [-0.25, -0.2) is 0 Å². The first-order valence-corrected chi connectivity index (χ1v) is 3.72. The van der Waals surface area contributed by atoms with Crippen LogP contribution in [0.5, 0.6) is 0 Å². The van der Waals surface area contributed by atoms with Gasteiger partial charge in [-0.05, 0) is 12.0 Å². The number of benzene rings is 1. The second-order valence-electron chi connectivity index (χ2n) is 2.63. The molecule has 64 valence electrons. The van der Waals surface area contributed by atoms with Crippen LogP contribution in [-0.2, 0) is 11.2 Å². The van der Waals surface area contributed by atoms with E-state index in [-0.39, 0.29) is 0 Å². The van der Waals surface area contributed by atoms with E-state index in [1.807, 2.05) is 30.3 Å². The zero-order valence-corrected chi connectivity index (χ0v) is 6.60. The van der Waals surface area contributed by atoms with Crippen LogP contribution in [-0.4, -0.2) is 17.1 Å². The van der Waals surface area contributed by atoms with Gasteiger partial charge < -0.3 is 10.8 Å². The molecule has 0 aromatic heterocycles. The van der Waals surface area contributed by atoms with Crippen molar-refractivity contribution in [3.05, 3.63) is 35.9 Å². The molecule has 1 atom stereocenters. The summed E-state index contributed by atoms with van der Waals surface area (Å²) in [4.78, 5) is 10.4. The molecule has 3 nitrogen and oxygen atoms in total. The van der Waals surface area contributed by atoms with Gasteiger partial charge in [0.25, 0.3) is 0 Å². The van der Waals surface area contributed by atoms with Gasteiger partial charge in [0.15, 0.2) is 0 Å². The Bertz CT molecular complexity index is 258. The Hall–Kier alpha value is -1.35. The Morgan fingerprint density at radius 1 is 1.42 bits per heavy atom. The van der Waals surface area contributed by atoms with Crippen LogP contribution in [0.25, 0.3) is 0 Å². The number of hydrogen-bond donors (Lipinski definition) is 2. The summed E-state index contributed by atoms with van der Waals surface area (Å²) in [6, 6.07) is 8.54. The monoisotopic (exact) mass is 166 g/mol. The molecular formula is C9H11NO2. The quantitative estimate of drug-likeness (QED) is 0.648. The Labute approximate surface area is 70.8 Å². The van der Waals surface area contributed by atoms with Crippen LogP contribution in [0.3, 0.4) is 0 Å². The highest BCUT2D eigenvalue weighted by Gasteiger charge is 2.10. The number of nitrogens with two attached hydrogens (primary N) is 1. The zero-order chi connectivity index (χ0) is 8.97. The van der Waals surface area contributed by atoms with E-state index in [2.05, 4.69) is 0 Å². The van der Waals surface area contributed by atoms with Crippen molar-refractivity contribution in [1.82, 2.24) is 0 Å². The molecule has 0 heterocycles. The Morgan fingerprint density at radius 2 is 2.00 bits per heavy atom. The van der Waals surface area contributed by atoms with E-state index >= 15 is 0 Å². The van der Waals surface area contributed by atoms with Gasteiger partial charge in [-0.2, -0.15) is 0 Å². The van der Waals surface area contributed by atoms with Crippen LogP contribution in [0.2, 0.25) is 0 Å². The standard InChI is InChI=1S/C9H11NO2/c10-8(9(11)12)6-7-4-2-1-3-5-7/h1-5,8H,6,10H2,(H,11,12)/t8-/m0/s1/i10+1. The lowest BCUT2D eigenvalue weighted by Crippen LogP contribution is -2.32. The molecule has 0 aliphatic heterocycles. The minimum Gasteiger partial charge on any atom is -0.480 e. The lowest BCUT2D eigenvalue weighted by molar-refractivity contribution is -0.138. The molecule has 12 heavy (non-hydrogen) atoms. The maximum Gasteiger partial charge on any atom is 0.320 e. The maximum absolute atomic E-state index is 10.4. The average molecular weight is 166 g/mol. The van der Waals surface area contributed by atoms with E-state index in [1.165, 1.54) is 0 Å². The average Bonchev–Trinajstić information content (AvgIpc) is 2.06. The SMILES string of the molecule is [15NH2][C@@H](Cc1ccccc1)C(=O)O. The summed E-state index contributed by atoms with van der Waals surface area (Å²) in [7, 11) is 0. The van der Waals surface area contributed by atoms with Crippen molar-refractivity contribution in [3.63, 3.8) is 0 Å². The molecule has 0 spiro atoms. The third-order valence-corrected chi connectivity index (χ3v) is 1.62. The fourth-order valence-electron chi connectivity index (χ4n) is 0.955. The fraction of sp³-hybridized carbons (Fsp3) is 0.222. The van der Waals surface area contributed by atoms with Crippen molar-refractivity contribution < 1.29 is 9.90 Å². The molecule has 1 rings (SSSR count). The normalized spacial score (nSPS) is 12.4. The Balaban J connectivity index is 2.58. The van der Waals surface area contributed by atoms with Crippen LogP contribution in [0.15, 0.2) is 30.3 Å². The molecule has 0 bridgehead atoms. The molecule has 0 fully saturated rings. The summed E-state index contributed by atoms with van der Waals surface area (Å²) < 4.78 is 0. The van der Waals surface area contributed by atoms with E-state index in [1.54, 1.807) is 0 Å². The number of carboxylic acid groups (broad SMARTS) is 1. The third kappa shape index (κ3) is 2.36. The van der Waals surface area contributed by atoms with Crippen molar-refractivity contribution in [2.45, 2.75) is 12.5 Å². The first-order valence-electron chi connectivity index (χ1n) is 3.72. The van der Waals surface area contributed by atoms with Crippen molar-refractivity contribution >= 4 is 5.97 Å². The molecule has 1 aromatic rings. The van der Waals surface area contributed by atoms with E-state index in [4.69, 9.17) is 10.8 Å².